The predicted molar refractivity (Wildman–Crippen MR) is 85.0 cm³/mol. The minimum absolute atomic E-state index is 0.132. The van der Waals surface area contributed by atoms with Crippen LogP contribution in [0.25, 0.3) is 11.0 Å². The molecule has 0 bridgehead atoms. The van der Waals surface area contributed by atoms with E-state index < -0.39 is 0 Å². The highest BCUT2D eigenvalue weighted by molar-refractivity contribution is 6.04. The molecule has 0 saturated carbocycles. The molecule has 1 aromatic heterocycles. The van der Waals surface area contributed by atoms with Crippen LogP contribution in [0.3, 0.4) is 0 Å². The zero-order chi connectivity index (χ0) is 15.5. The minimum Gasteiger partial charge on any atom is -0.497 e. The Hall–Kier alpha value is -2.82. The van der Waals surface area contributed by atoms with E-state index >= 15 is 0 Å². The lowest BCUT2D eigenvalue weighted by atomic mass is 10.1. The number of aromatic amines is 1. The summed E-state index contributed by atoms with van der Waals surface area (Å²) in [5.74, 6) is 1.46. The van der Waals surface area contributed by atoms with Crippen molar-refractivity contribution in [3.8, 4) is 5.75 Å². The molecule has 0 radical (unpaired) electrons. The van der Waals surface area contributed by atoms with Crippen LogP contribution >= 0.6 is 0 Å². The van der Waals surface area contributed by atoms with E-state index in [9.17, 15) is 4.79 Å². The lowest BCUT2D eigenvalue weighted by Gasteiger charge is -2.07. The summed E-state index contributed by atoms with van der Waals surface area (Å²) < 4.78 is 5.12. The molecular formula is C17H17N3O2. The van der Waals surface area contributed by atoms with Gasteiger partial charge >= 0.3 is 0 Å². The van der Waals surface area contributed by atoms with Crippen molar-refractivity contribution in [3.63, 3.8) is 0 Å². The molecule has 2 aromatic carbocycles. The van der Waals surface area contributed by atoms with Crippen molar-refractivity contribution >= 4 is 16.9 Å². The average Bonchev–Trinajstić information content (AvgIpc) is 2.93. The molecular weight excluding hydrogens is 278 g/mol. The number of nitrogens with one attached hydrogen (secondary N) is 2. The number of carbonyl (C=O) groups excluding carboxylic acids is 1. The Morgan fingerprint density at radius 1 is 1.23 bits per heavy atom. The molecule has 2 N–H and O–H groups in total. The fourth-order valence-corrected chi connectivity index (χ4v) is 2.36. The van der Waals surface area contributed by atoms with Crippen LogP contribution in [0, 0.1) is 6.92 Å². The summed E-state index contributed by atoms with van der Waals surface area (Å²) in [7, 11) is 1.63. The Labute approximate surface area is 128 Å². The van der Waals surface area contributed by atoms with Crippen LogP contribution in [-0.2, 0) is 6.54 Å². The van der Waals surface area contributed by atoms with Gasteiger partial charge in [-0.25, -0.2) is 4.98 Å². The standard InChI is InChI=1S/C17H17N3O2/c1-11-19-15-5-3-4-14(16(15)20-11)17(21)18-10-12-6-8-13(22-2)9-7-12/h3-9H,10H2,1-2H3,(H,18,21)(H,19,20). The molecule has 22 heavy (non-hydrogen) atoms. The summed E-state index contributed by atoms with van der Waals surface area (Å²) >= 11 is 0. The van der Waals surface area contributed by atoms with E-state index in [1.165, 1.54) is 0 Å². The van der Waals surface area contributed by atoms with Gasteiger partial charge < -0.3 is 15.0 Å². The van der Waals surface area contributed by atoms with Crippen molar-refractivity contribution in [1.29, 1.82) is 0 Å². The quantitative estimate of drug-likeness (QED) is 0.777. The van der Waals surface area contributed by atoms with Crippen LogP contribution in [0.15, 0.2) is 42.5 Å². The number of methoxy groups -OCH3 is 1. The van der Waals surface area contributed by atoms with Crippen molar-refractivity contribution in [2.24, 2.45) is 0 Å². The van der Waals surface area contributed by atoms with Gasteiger partial charge in [0.05, 0.1) is 18.2 Å². The maximum atomic E-state index is 12.4. The van der Waals surface area contributed by atoms with Gasteiger partial charge in [-0.15, -0.1) is 0 Å². The molecule has 0 aliphatic rings. The number of para-hydroxylation sites is 1. The molecule has 3 aromatic rings. The maximum Gasteiger partial charge on any atom is 0.253 e. The average molecular weight is 295 g/mol. The largest absolute Gasteiger partial charge is 0.497 e. The van der Waals surface area contributed by atoms with E-state index in [0.29, 0.717) is 17.6 Å². The topological polar surface area (TPSA) is 67.0 Å². The number of aromatic nitrogens is 2. The van der Waals surface area contributed by atoms with Gasteiger partial charge in [0.1, 0.15) is 17.1 Å². The normalized spacial score (nSPS) is 10.6. The summed E-state index contributed by atoms with van der Waals surface area (Å²) in [6.45, 7) is 2.33. The van der Waals surface area contributed by atoms with E-state index in [-0.39, 0.29) is 5.91 Å². The number of rotatable bonds is 4. The Kier molecular flexibility index (Phi) is 3.78. The maximum absolute atomic E-state index is 12.4. The number of H-pyrrole nitrogens is 1. The third-order valence-electron chi connectivity index (χ3n) is 3.49. The number of hydrogen-bond acceptors (Lipinski definition) is 3. The minimum atomic E-state index is -0.132. The van der Waals surface area contributed by atoms with Crippen LogP contribution in [-0.4, -0.2) is 23.0 Å². The van der Waals surface area contributed by atoms with Crippen molar-refractivity contribution in [2.45, 2.75) is 13.5 Å². The fraction of sp³-hybridized carbons (Fsp3) is 0.176. The van der Waals surface area contributed by atoms with Crippen LogP contribution in [0.4, 0.5) is 0 Å². The third-order valence-corrected chi connectivity index (χ3v) is 3.49. The van der Waals surface area contributed by atoms with Crippen LogP contribution in [0.1, 0.15) is 21.7 Å². The van der Waals surface area contributed by atoms with E-state index in [2.05, 4.69) is 15.3 Å². The molecule has 1 heterocycles. The first-order valence-corrected chi connectivity index (χ1v) is 7.04. The smallest absolute Gasteiger partial charge is 0.253 e. The van der Waals surface area contributed by atoms with Gasteiger partial charge in [0.2, 0.25) is 0 Å². The molecule has 0 unspecified atom stereocenters. The number of amides is 1. The number of nitrogens with zero attached hydrogens (tertiary/aromatic N) is 1. The van der Waals surface area contributed by atoms with Crippen LogP contribution in [0.5, 0.6) is 5.75 Å². The van der Waals surface area contributed by atoms with Gasteiger partial charge in [-0.3, -0.25) is 4.79 Å². The van der Waals surface area contributed by atoms with Gasteiger partial charge in [0.15, 0.2) is 0 Å². The van der Waals surface area contributed by atoms with Gasteiger partial charge in [0, 0.05) is 6.54 Å². The number of imidazole rings is 1. The third kappa shape index (κ3) is 2.79. The van der Waals surface area contributed by atoms with Crippen molar-refractivity contribution < 1.29 is 9.53 Å². The van der Waals surface area contributed by atoms with Crippen LogP contribution in [0.2, 0.25) is 0 Å². The van der Waals surface area contributed by atoms with E-state index in [1.807, 2.05) is 43.3 Å². The van der Waals surface area contributed by atoms with Crippen molar-refractivity contribution in [3.05, 3.63) is 59.4 Å². The lowest BCUT2D eigenvalue weighted by Crippen LogP contribution is -2.23. The summed E-state index contributed by atoms with van der Waals surface area (Å²) in [5, 5.41) is 2.92. The number of fused-ring (bicyclic) bond motifs is 1. The molecule has 0 spiro atoms. The van der Waals surface area contributed by atoms with Crippen LogP contribution < -0.4 is 10.1 Å². The number of benzene rings is 2. The molecule has 5 heteroatoms. The van der Waals surface area contributed by atoms with E-state index in [1.54, 1.807) is 13.2 Å². The molecule has 0 fully saturated rings. The van der Waals surface area contributed by atoms with E-state index in [0.717, 1.165) is 22.7 Å². The zero-order valence-corrected chi connectivity index (χ0v) is 12.5. The monoisotopic (exact) mass is 295 g/mol. The SMILES string of the molecule is COc1ccc(CNC(=O)c2cccc3[nH]c(C)nc23)cc1. The highest BCUT2D eigenvalue weighted by Gasteiger charge is 2.12. The Bertz CT molecular complexity index is 806. The molecule has 0 aliphatic heterocycles. The van der Waals surface area contributed by atoms with Crippen molar-refractivity contribution in [1.82, 2.24) is 15.3 Å². The second kappa shape index (κ2) is 5.89. The molecule has 5 nitrogen and oxygen atoms in total. The number of ether oxygens (including phenoxy) is 1. The van der Waals surface area contributed by atoms with Gasteiger partial charge in [-0.1, -0.05) is 18.2 Å². The molecule has 112 valence electrons. The number of aryl methyl sites for hydroxylation is 1. The first-order valence-electron chi connectivity index (χ1n) is 7.04. The summed E-state index contributed by atoms with van der Waals surface area (Å²) in [6, 6.07) is 13.2. The summed E-state index contributed by atoms with van der Waals surface area (Å²) in [5.41, 5.74) is 3.16. The predicted octanol–water partition coefficient (Wildman–Crippen LogP) is 2.81. The molecule has 1 amide bonds. The number of carbonyl (C=O) groups is 1. The second-order valence-electron chi connectivity index (χ2n) is 5.05. The first kappa shape index (κ1) is 14.1. The van der Waals surface area contributed by atoms with Gasteiger partial charge in [0.25, 0.3) is 5.91 Å². The molecule has 3 rings (SSSR count). The van der Waals surface area contributed by atoms with E-state index in [4.69, 9.17) is 4.74 Å². The number of hydrogen-bond donors (Lipinski definition) is 2. The Balaban J connectivity index is 1.75. The molecule has 0 atom stereocenters. The van der Waals surface area contributed by atoms with Gasteiger partial charge in [-0.2, -0.15) is 0 Å². The molecule has 0 saturated heterocycles. The zero-order valence-electron chi connectivity index (χ0n) is 12.5. The second-order valence-corrected chi connectivity index (χ2v) is 5.05. The molecule has 0 aliphatic carbocycles. The Morgan fingerprint density at radius 3 is 2.73 bits per heavy atom. The Morgan fingerprint density at radius 2 is 2.00 bits per heavy atom. The highest BCUT2D eigenvalue weighted by Crippen LogP contribution is 2.16. The van der Waals surface area contributed by atoms with Gasteiger partial charge in [-0.05, 0) is 36.8 Å². The summed E-state index contributed by atoms with van der Waals surface area (Å²) in [4.78, 5) is 19.9. The first-order chi connectivity index (χ1) is 10.7. The summed E-state index contributed by atoms with van der Waals surface area (Å²) in [6.07, 6.45) is 0. The fourth-order valence-electron chi connectivity index (χ4n) is 2.36. The lowest BCUT2D eigenvalue weighted by molar-refractivity contribution is 0.0952. The highest BCUT2D eigenvalue weighted by atomic mass is 16.5. The van der Waals surface area contributed by atoms with Crippen molar-refractivity contribution in [2.75, 3.05) is 7.11 Å².